The van der Waals surface area contributed by atoms with Crippen LogP contribution in [-0.4, -0.2) is 82.0 Å². The summed E-state index contributed by atoms with van der Waals surface area (Å²) in [7, 11) is 0. The first kappa shape index (κ1) is 29.2. The highest BCUT2D eigenvalue weighted by molar-refractivity contribution is 7.11. The Morgan fingerprint density at radius 3 is 2.67 bits per heavy atom. The standard InChI is InChI=1S/C28H37N7O4S/c1-2-19-17-40-27(32-19)25(38)21(9-6-14-31-28(29)30)33-26(39)22-12-11-20-15-34(16-24(37)35(20)22)23(36)13-10-18-7-4-3-5-8-18/h3-5,7-8,17,20-22H,2,6,9-16H2,1H3,(H,33,39)(H4,29,30,31). The van der Waals surface area contributed by atoms with Gasteiger partial charge in [-0.1, -0.05) is 37.3 Å². The maximum atomic E-state index is 13.4. The number of nitrogens with two attached hydrogens (primary N) is 2. The second-order valence-electron chi connectivity index (χ2n) is 10.2. The lowest BCUT2D eigenvalue weighted by Gasteiger charge is -2.39. The Morgan fingerprint density at radius 1 is 1.20 bits per heavy atom. The van der Waals surface area contributed by atoms with Crippen molar-refractivity contribution >= 4 is 40.8 Å². The quantitative estimate of drug-likeness (QED) is 0.150. The zero-order valence-electron chi connectivity index (χ0n) is 22.8. The van der Waals surface area contributed by atoms with Crippen LogP contribution in [0, 0.1) is 0 Å². The highest BCUT2D eigenvalue weighted by Crippen LogP contribution is 2.29. The number of hydrogen-bond acceptors (Lipinski definition) is 7. The first-order chi connectivity index (χ1) is 19.3. The molecular formula is C28H37N7O4S. The van der Waals surface area contributed by atoms with Gasteiger partial charge >= 0.3 is 0 Å². The number of nitrogens with zero attached hydrogens (tertiary/aromatic N) is 4. The molecule has 1 aromatic carbocycles. The van der Waals surface area contributed by atoms with E-state index in [9.17, 15) is 19.2 Å². The van der Waals surface area contributed by atoms with E-state index in [1.807, 2.05) is 42.6 Å². The number of aliphatic imine (C=N–C) groups is 1. The molecule has 3 atom stereocenters. The molecule has 3 unspecified atom stereocenters. The van der Waals surface area contributed by atoms with Crippen molar-refractivity contribution in [3.05, 3.63) is 52.0 Å². The minimum absolute atomic E-state index is 0.0346. The monoisotopic (exact) mass is 567 g/mol. The molecule has 0 radical (unpaired) electrons. The average Bonchev–Trinajstić information content (AvgIpc) is 3.61. The SMILES string of the molecule is CCc1csc(C(=O)C(CCCN=C(N)N)NC(=O)C2CCC3CN(C(=O)CCc4ccccc4)CC(=O)N32)n1. The minimum atomic E-state index is -0.812. The first-order valence-electron chi connectivity index (χ1n) is 13.7. The van der Waals surface area contributed by atoms with Crippen LogP contribution in [0.3, 0.4) is 0 Å². The number of carbonyl (C=O) groups is 4. The molecular weight excluding hydrogens is 530 g/mol. The Morgan fingerprint density at radius 2 is 1.98 bits per heavy atom. The fourth-order valence-electron chi connectivity index (χ4n) is 5.28. The molecule has 0 spiro atoms. The number of thiazole rings is 1. The van der Waals surface area contributed by atoms with E-state index >= 15 is 0 Å². The smallest absolute Gasteiger partial charge is 0.243 e. The van der Waals surface area contributed by atoms with Gasteiger partial charge in [0.1, 0.15) is 6.04 Å². The Balaban J connectivity index is 1.38. The lowest BCUT2D eigenvalue weighted by Crippen LogP contribution is -2.60. The molecule has 12 heteroatoms. The van der Waals surface area contributed by atoms with E-state index in [0.717, 1.165) is 11.3 Å². The maximum absolute atomic E-state index is 13.4. The van der Waals surface area contributed by atoms with Gasteiger partial charge in [-0.15, -0.1) is 11.3 Å². The molecule has 2 saturated heterocycles. The molecule has 0 bridgehead atoms. The number of amides is 3. The number of aromatic nitrogens is 1. The van der Waals surface area contributed by atoms with Crippen LogP contribution in [0.4, 0.5) is 0 Å². The van der Waals surface area contributed by atoms with Crippen LogP contribution in [0.15, 0.2) is 40.7 Å². The summed E-state index contributed by atoms with van der Waals surface area (Å²) < 4.78 is 0. The van der Waals surface area contributed by atoms with Gasteiger partial charge < -0.3 is 26.6 Å². The number of guanidine groups is 1. The third-order valence-corrected chi connectivity index (χ3v) is 8.28. The van der Waals surface area contributed by atoms with Crippen molar-refractivity contribution in [3.63, 3.8) is 0 Å². The van der Waals surface area contributed by atoms with Crippen LogP contribution in [0.5, 0.6) is 0 Å². The number of ketones is 1. The summed E-state index contributed by atoms with van der Waals surface area (Å²) in [5, 5.41) is 5.07. The van der Waals surface area contributed by atoms with E-state index in [2.05, 4.69) is 15.3 Å². The molecule has 5 N–H and O–H groups in total. The van der Waals surface area contributed by atoms with Crippen molar-refractivity contribution in [2.75, 3.05) is 19.6 Å². The number of aryl methyl sites for hydroxylation is 2. The summed E-state index contributed by atoms with van der Waals surface area (Å²) in [6.45, 7) is 2.64. The molecule has 1 aromatic heterocycles. The molecule has 214 valence electrons. The van der Waals surface area contributed by atoms with Gasteiger partial charge in [-0.2, -0.15) is 0 Å². The topological polar surface area (TPSA) is 164 Å². The van der Waals surface area contributed by atoms with Crippen LogP contribution < -0.4 is 16.8 Å². The van der Waals surface area contributed by atoms with Gasteiger partial charge in [-0.05, 0) is 44.1 Å². The minimum Gasteiger partial charge on any atom is -0.370 e. The molecule has 2 aliphatic rings. The Hall–Kier alpha value is -3.80. The molecule has 2 fully saturated rings. The average molecular weight is 568 g/mol. The van der Waals surface area contributed by atoms with Crippen LogP contribution >= 0.6 is 11.3 Å². The van der Waals surface area contributed by atoms with Gasteiger partial charge in [0.2, 0.25) is 23.5 Å². The van der Waals surface area contributed by atoms with Crippen LogP contribution in [0.2, 0.25) is 0 Å². The molecule has 0 saturated carbocycles. The maximum Gasteiger partial charge on any atom is 0.243 e. The van der Waals surface area contributed by atoms with Crippen molar-refractivity contribution in [2.45, 2.75) is 70.0 Å². The zero-order valence-corrected chi connectivity index (χ0v) is 23.6. The lowest BCUT2D eigenvalue weighted by molar-refractivity contribution is -0.151. The lowest BCUT2D eigenvalue weighted by atomic mass is 10.1. The first-order valence-corrected chi connectivity index (χ1v) is 14.6. The molecule has 0 aliphatic carbocycles. The molecule has 2 aliphatic heterocycles. The fraction of sp³-hybridized carbons (Fsp3) is 0.500. The second-order valence-corrected chi connectivity index (χ2v) is 11.0. The summed E-state index contributed by atoms with van der Waals surface area (Å²) in [5.41, 5.74) is 12.7. The van der Waals surface area contributed by atoms with Gasteiger partial charge in [0.15, 0.2) is 11.0 Å². The second kappa shape index (κ2) is 13.5. The van der Waals surface area contributed by atoms with Crippen molar-refractivity contribution in [1.29, 1.82) is 0 Å². The van der Waals surface area contributed by atoms with Crippen LogP contribution in [0.1, 0.15) is 60.1 Å². The number of benzene rings is 1. The van der Waals surface area contributed by atoms with Gasteiger partial charge in [-0.25, -0.2) is 4.98 Å². The van der Waals surface area contributed by atoms with Crippen molar-refractivity contribution in [3.8, 4) is 0 Å². The number of rotatable bonds is 12. The third kappa shape index (κ3) is 7.23. The molecule has 40 heavy (non-hydrogen) atoms. The molecule has 2 aromatic rings. The summed E-state index contributed by atoms with van der Waals surface area (Å²) in [5.74, 6) is -0.978. The largest absolute Gasteiger partial charge is 0.370 e. The predicted octanol–water partition coefficient (Wildman–Crippen LogP) is 1.26. The Kier molecular flexibility index (Phi) is 9.86. The van der Waals surface area contributed by atoms with E-state index < -0.39 is 12.1 Å². The van der Waals surface area contributed by atoms with E-state index in [1.165, 1.54) is 11.3 Å². The number of carbonyl (C=O) groups excluding carboxylic acids is 4. The fourth-order valence-corrected chi connectivity index (χ4v) is 6.17. The van der Waals surface area contributed by atoms with Crippen molar-refractivity contribution in [1.82, 2.24) is 20.1 Å². The van der Waals surface area contributed by atoms with Gasteiger partial charge in [0.05, 0.1) is 24.3 Å². The van der Waals surface area contributed by atoms with Gasteiger partial charge in [0.25, 0.3) is 0 Å². The van der Waals surface area contributed by atoms with Crippen molar-refractivity contribution < 1.29 is 19.2 Å². The summed E-state index contributed by atoms with van der Waals surface area (Å²) >= 11 is 1.26. The molecule has 3 amide bonds. The van der Waals surface area contributed by atoms with Crippen LogP contribution in [-0.2, 0) is 27.2 Å². The molecule has 4 rings (SSSR count). The van der Waals surface area contributed by atoms with E-state index in [-0.39, 0.29) is 42.1 Å². The highest BCUT2D eigenvalue weighted by Gasteiger charge is 2.46. The third-order valence-electron chi connectivity index (χ3n) is 7.38. The summed E-state index contributed by atoms with van der Waals surface area (Å²) in [4.78, 5) is 64.4. The van der Waals surface area contributed by atoms with Crippen LogP contribution in [0.25, 0.3) is 0 Å². The number of hydrogen-bond donors (Lipinski definition) is 3. The number of fused-ring (bicyclic) bond motifs is 1. The van der Waals surface area contributed by atoms with E-state index in [1.54, 1.807) is 9.80 Å². The van der Waals surface area contributed by atoms with E-state index in [4.69, 9.17) is 11.5 Å². The number of piperazine rings is 1. The zero-order chi connectivity index (χ0) is 28.6. The Labute approximate surface area is 238 Å². The van der Waals surface area contributed by atoms with E-state index in [0.29, 0.717) is 63.0 Å². The summed E-state index contributed by atoms with van der Waals surface area (Å²) in [6, 6.07) is 8.05. The number of nitrogens with one attached hydrogen (secondary N) is 1. The molecule has 3 heterocycles. The summed E-state index contributed by atoms with van der Waals surface area (Å²) in [6.07, 6.45) is 3.54. The van der Waals surface area contributed by atoms with Gasteiger partial charge in [0, 0.05) is 24.9 Å². The normalized spacial score (nSPS) is 19.2. The molecule has 11 nitrogen and oxygen atoms in total. The van der Waals surface area contributed by atoms with Crippen molar-refractivity contribution in [2.24, 2.45) is 16.5 Å². The van der Waals surface area contributed by atoms with Gasteiger partial charge in [-0.3, -0.25) is 24.2 Å². The predicted molar refractivity (Wildman–Crippen MR) is 153 cm³/mol. The Bertz CT molecular complexity index is 1240. The highest BCUT2D eigenvalue weighted by atomic mass is 32.1. The number of Topliss-reactive ketones (excluding diaryl/α,β-unsaturated/α-hetero) is 1.